The molecule has 4 rings (SSSR count). The van der Waals surface area contributed by atoms with Crippen LogP contribution in [-0.2, 0) is 6.61 Å². The van der Waals surface area contributed by atoms with Crippen molar-refractivity contribution in [3.05, 3.63) is 104 Å². The van der Waals surface area contributed by atoms with E-state index in [1.807, 2.05) is 54.0 Å². The highest BCUT2D eigenvalue weighted by atomic mass is 35.5. The third-order valence-corrected chi connectivity index (χ3v) is 7.20. The van der Waals surface area contributed by atoms with Gasteiger partial charge in [0, 0.05) is 21.2 Å². The summed E-state index contributed by atoms with van der Waals surface area (Å²) in [7, 11) is 1.60. The van der Waals surface area contributed by atoms with Crippen molar-refractivity contribution in [3.63, 3.8) is 0 Å². The summed E-state index contributed by atoms with van der Waals surface area (Å²) in [5, 5.41) is 20.9. The number of halogens is 2. The smallest absolute Gasteiger partial charge is 0.220 e. The van der Waals surface area contributed by atoms with Crippen molar-refractivity contribution in [1.82, 2.24) is 14.8 Å². The van der Waals surface area contributed by atoms with Gasteiger partial charge in [-0.25, -0.2) is 0 Å². The number of hydrogen-bond donors (Lipinski definition) is 0. The minimum atomic E-state index is -0.560. The molecule has 1 atom stereocenters. The van der Waals surface area contributed by atoms with Gasteiger partial charge in [-0.1, -0.05) is 59.2 Å². The maximum absolute atomic E-state index is 11.5. The maximum Gasteiger partial charge on any atom is 0.220 e. The van der Waals surface area contributed by atoms with Crippen molar-refractivity contribution in [2.45, 2.75) is 23.9 Å². The van der Waals surface area contributed by atoms with Gasteiger partial charge in [0.2, 0.25) is 6.54 Å². The molecule has 0 aliphatic carbocycles. The molecule has 186 valence electrons. The van der Waals surface area contributed by atoms with E-state index in [9.17, 15) is 10.1 Å². The highest BCUT2D eigenvalue weighted by Gasteiger charge is 2.24. The summed E-state index contributed by atoms with van der Waals surface area (Å²) in [5.41, 5.74) is 2.32. The van der Waals surface area contributed by atoms with Gasteiger partial charge in [-0.2, -0.15) is 0 Å². The highest BCUT2D eigenvalue weighted by molar-refractivity contribution is 7.99. The van der Waals surface area contributed by atoms with Gasteiger partial charge in [0.1, 0.15) is 29.2 Å². The molecule has 11 heteroatoms. The number of ether oxygens (including phenoxy) is 2. The largest absolute Gasteiger partial charge is 0.497 e. The fourth-order valence-corrected chi connectivity index (χ4v) is 5.12. The lowest BCUT2D eigenvalue weighted by molar-refractivity contribution is -0.479. The van der Waals surface area contributed by atoms with Gasteiger partial charge < -0.3 is 9.47 Å². The molecule has 0 amide bonds. The molecule has 3 aromatic carbocycles. The molecule has 0 bridgehead atoms. The summed E-state index contributed by atoms with van der Waals surface area (Å²) < 4.78 is 12.9. The molecule has 1 aromatic heterocycles. The van der Waals surface area contributed by atoms with Crippen LogP contribution in [-0.4, -0.2) is 33.3 Å². The number of nitro groups is 1. The van der Waals surface area contributed by atoms with E-state index in [4.69, 9.17) is 32.7 Å². The van der Waals surface area contributed by atoms with E-state index in [1.54, 1.807) is 31.4 Å². The number of nitrogens with zero attached hydrogens (tertiary/aromatic N) is 4. The van der Waals surface area contributed by atoms with Gasteiger partial charge in [0.15, 0.2) is 5.16 Å². The fraction of sp³-hybridized carbons (Fsp3) is 0.200. The van der Waals surface area contributed by atoms with E-state index in [1.165, 1.54) is 11.8 Å². The van der Waals surface area contributed by atoms with Gasteiger partial charge in [0.05, 0.1) is 12.1 Å². The third-order valence-electron chi connectivity index (χ3n) is 5.36. The van der Waals surface area contributed by atoms with Crippen molar-refractivity contribution in [3.8, 4) is 17.2 Å². The zero-order valence-corrected chi connectivity index (χ0v) is 21.8. The third kappa shape index (κ3) is 6.10. The van der Waals surface area contributed by atoms with E-state index in [-0.39, 0.29) is 18.1 Å². The van der Waals surface area contributed by atoms with Gasteiger partial charge in [0.25, 0.3) is 0 Å². The van der Waals surface area contributed by atoms with Crippen LogP contribution < -0.4 is 9.47 Å². The van der Waals surface area contributed by atoms with Crippen LogP contribution in [0.15, 0.2) is 71.9 Å². The molecular formula is C25H22Cl2N4O4S. The highest BCUT2D eigenvalue weighted by Crippen LogP contribution is 2.39. The Balaban J connectivity index is 1.57. The van der Waals surface area contributed by atoms with Crippen LogP contribution in [0.3, 0.4) is 0 Å². The molecule has 36 heavy (non-hydrogen) atoms. The van der Waals surface area contributed by atoms with Crippen LogP contribution in [0.4, 0.5) is 0 Å². The maximum atomic E-state index is 11.5. The Bertz CT molecular complexity index is 1360. The first-order valence-corrected chi connectivity index (χ1v) is 12.5. The molecular weight excluding hydrogens is 523 g/mol. The molecule has 0 aliphatic rings. The quantitative estimate of drug-likeness (QED) is 0.126. The Hall–Kier alpha value is -3.27. The van der Waals surface area contributed by atoms with Crippen LogP contribution >= 0.6 is 35.0 Å². The second kappa shape index (κ2) is 11.6. The summed E-state index contributed by atoms with van der Waals surface area (Å²) in [6.07, 6.45) is 0. The Morgan fingerprint density at radius 1 is 1.06 bits per heavy atom. The summed E-state index contributed by atoms with van der Waals surface area (Å²) in [5.74, 6) is 1.84. The summed E-state index contributed by atoms with van der Waals surface area (Å²) in [6.45, 7) is 1.75. The monoisotopic (exact) mass is 544 g/mol. The second-order valence-electron chi connectivity index (χ2n) is 7.75. The summed E-state index contributed by atoms with van der Waals surface area (Å²) >= 11 is 13.9. The number of aromatic nitrogens is 3. The topological polar surface area (TPSA) is 92.3 Å². The Morgan fingerprint density at radius 3 is 2.47 bits per heavy atom. The Kier molecular flexibility index (Phi) is 8.35. The second-order valence-corrected chi connectivity index (χ2v) is 9.74. The first kappa shape index (κ1) is 25.8. The predicted molar refractivity (Wildman–Crippen MR) is 140 cm³/mol. The standard InChI is InChI=1S/C25H22Cl2N4O4S/c1-16-28-29-25(31(16)19-8-10-20(34-2)11-9-19)36-24(14-30(32)33)17-7-12-23(22(27)13-17)35-15-18-5-3-4-6-21(18)26/h3-13,24H,14-15H2,1-2H3/t24-/m1/s1. The van der Waals surface area contributed by atoms with E-state index in [2.05, 4.69) is 10.2 Å². The number of methoxy groups -OCH3 is 1. The Labute approximate surface area is 222 Å². The zero-order chi connectivity index (χ0) is 25.7. The SMILES string of the molecule is COc1ccc(-n2c(C)nnc2S[C@H](C[N+](=O)[O-])c2ccc(OCc3ccccc3Cl)c(Cl)c2)cc1. The number of benzene rings is 3. The summed E-state index contributed by atoms with van der Waals surface area (Å²) in [4.78, 5) is 11.2. The zero-order valence-electron chi connectivity index (χ0n) is 19.4. The van der Waals surface area contributed by atoms with Crippen molar-refractivity contribution in [2.24, 2.45) is 0 Å². The Morgan fingerprint density at radius 2 is 1.81 bits per heavy atom. The van der Waals surface area contributed by atoms with Crippen molar-refractivity contribution in [1.29, 1.82) is 0 Å². The molecule has 0 saturated heterocycles. The van der Waals surface area contributed by atoms with Gasteiger partial charge >= 0.3 is 0 Å². The number of rotatable bonds is 10. The minimum Gasteiger partial charge on any atom is -0.497 e. The van der Waals surface area contributed by atoms with Crippen molar-refractivity contribution < 1.29 is 14.4 Å². The molecule has 0 saturated carbocycles. The van der Waals surface area contributed by atoms with Gasteiger partial charge in [-0.15, -0.1) is 10.2 Å². The van der Waals surface area contributed by atoms with E-state index >= 15 is 0 Å². The fourth-order valence-electron chi connectivity index (χ4n) is 3.53. The first-order chi connectivity index (χ1) is 17.4. The lowest BCUT2D eigenvalue weighted by Gasteiger charge is -2.16. The molecule has 0 unspecified atom stereocenters. The van der Waals surface area contributed by atoms with Crippen LogP contribution in [0.2, 0.25) is 10.0 Å². The van der Waals surface area contributed by atoms with E-state index in [0.717, 1.165) is 17.0 Å². The van der Waals surface area contributed by atoms with Crippen LogP contribution in [0.25, 0.3) is 5.69 Å². The van der Waals surface area contributed by atoms with Gasteiger partial charge in [-0.3, -0.25) is 14.7 Å². The van der Waals surface area contributed by atoms with Crippen LogP contribution in [0.1, 0.15) is 22.2 Å². The lowest BCUT2D eigenvalue weighted by atomic mass is 10.1. The molecule has 0 aliphatic heterocycles. The molecule has 0 spiro atoms. The molecule has 0 N–H and O–H groups in total. The molecule has 4 aromatic rings. The van der Waals surface area contributed by atoms with Crippen molar-refractivity contribution >= 4 is 35.0 Å². The average Bonchev–Trinajstić information content (AvgIpc) is 3.23. The molecule has 0 fully saturated rings. The number of thioether (sulfide) groups is 1. The predicted octanol–water partition coefficient (Wildman–Crippen LogP) is 6.58. The molecule has 8 nitrogen and oxygen atoms in total. The first-order valence-electron chi connectivity index (χ1n) is 10.9. The van der Waals surface area contributed by atoms with Crippen molar-refractivity contribution in [2.75, 3.05) is 13.7 Å². The van der Waals surface area contributed by atoms with E-state index in [0.29, 0.717) is 32.3 Å². The number of hydrogen-bond acceptors (Lipinski definition) is 7. The van der Waals surface area contributed by atoms with E-state index < -0.39 is 5.25 Å². The normalized spacial score (nSPS) is 11.8. The molecule has 1 heterocycles. The average molecular weight is 545 g/mol. The summed E-state index contributed by atoms with van der Waals surface area (Å²) in [6, 6.07) is 20.0. The van der Waals surface area contributed by atoms with Crippen LogP contribution in [0, 0.1) is 17.0 Å². The number of aryl methyl sites for hydroxylation is 1. The lowest BCUT2D eigenvalue weighted by Crippen LogP contribution is -2.11. The van der Waals surface area contributed by atoms with Crippen LogP contribution in [0.5, 0.6) is 11.5 Å². The van der Waals surface area contributed by atoms with Gasteiger partial charge in [-0.05, 0) is 55.0 Å². The minimum absolute atomic E-state index is 0.246. The molecule has 0 radical (unpaired) electrons.